The van der Waals surface area contributed by atoms with Gasteiger partial charge in [0.1, 0.15) is 5.69 Å². The number of carbonyl (C=O) groups is 2. The largest absolute Gasteiger partial charge is 0.389 e. The highest BCUT2D eigenvalue weighted by molar-refractivity contribution is 7.99. The van der Waals surface area contributed by atoms with Crippen LogP contribution in [0.25, 0.3) is 0 Å². The number of nitrogens with one attached hydrogen (secondary N) is 2. The molecule has 2 amide bonds. The Kier molecular flexibility index (Phi) is 5.78. The highest BCUT2D eigenvalue weighted by Gasteiger charge is 2.24. The number of carbonyl (C=O) groups excluding carboxylic acids is 2. The van der Waals surface area contributed by atoms with E-state index in [1.807, 2.05) is 11.8 Å². The van der Waals surface area contributed by atoms with Gasteiger partial charge in [-0.05, 0) is 12.8 Å². The molecule has 2 aliphatic rings. The second-order valence-electron chi connectivity index (χ2n) is 6.35. The molecular weight excluding hydrogens is 328 g/mol. The van der Waals surface area contributed by atoms with E-state index >= 15 is 0 Å². The molecule has 24 heavy (non-hydrogen) atoms. The Morgan fingerprint density at radius 2 is 2.21 bits per heavy atom. The molecule has 1 aliphatic carbocycles. The summed E-state index contributed by atoms with van der Waals surface area (Å²) in [7, 11) is 0. The van der Waals surface area contributed by atoms with Gasteiger partial charge in [0.2, 0.25) is 0 Å². The third kappa shape index (κ3) is 4.30. The van der Waals surface area contributed by atoms with Gasteiger partial charge in [-0.2, -0.15) is 16.9 Å². The molecule has 0 bridgehead atoms. The average molecular weight is 352 g/mol. The third-order valence-electron chi connectivity index (χ3n) is 4.42. The van der Waals surface area contributed by atoms with Crippen LogP contribution < -0.4 is 10.6 Å². The number of aliphatic hydroxyl groups is 1. The zero-order chi connectivity index (χ0) is 16.9. The SMILES string of the molecule is O=C(NCCSC1CCCCC1)c1cc2n(n1)CC(O)CNC2=O. The summed E-state index contributed by atoms with van der Waals surface area (Å²) >= 11 is 1.93. The quantitative estimate of drug-likeness (QED) is 0.681. The van der Waals surface area contributed by atoms with E-state index < -0.39 is 6.10 Å². The van der Waals surface area contributed by atoms with E-state index in [0.717, 1.165) is 11.0 Å². The zero-order valence-electron chi connectivity index (χ0n) is 13.7. The van der Waals surface area contributed by atoms with Crippen molar-refractivity contribution >= 4 is 23.6 Å². The number of thioether (sulfide) groups is 1. The van der Waals surface area contributed by atoms with Crippen LogP contribution in [0.2, 0.25) is 0 Å². The predicted octanol–water partition coefficient (Wildman–Crippen LogP) is 0.783. The van der Waals surface area contributed by atoms with Crippen molar-refractivity contribution in [3.63, 3.8) is 0 Å². The first kappa shape index (κ1) is 17.3. The summed E-state index contributed by atoms with van der Waals surface area (Å²) in [5.74, 6) is 0.302. The Morgan fingerprint density at radius 1 is 1.42 bits per heavy atom. The smallest absolute Gasteiger partial charge is 0.271 e. The van der Waals surface area contributed by atoms with Gasteiger partial charge in [0.15, 0.2) is 5.69 Å². The van der Waals surface area contributed by atoms with E-state index in [-0.39, 0.29) is 30.6 Å². The fraction of sp³-hybridized carbons (Fsp3) is 0.688. The first-order valence-corrected chi connectivity index (χ1v) is 9.62. The lowest BCUT2D eigenvalue weighted by atomic mass is 10.0. The molecule has 132 valence electrons. The molecule has 2 heterocycles. The second kappa shape index (κ2) is 8.02. The van der Waals surface area contributed by atoms with E-state index in [1.165, 1.54) is 42.9 Å². The highest BCUT2D eigenvalue weighted by Crippen LogP contribution is 2.27. The number of aliphatic hydroxyl groups excluding tert-OH is 1. The Balaban J connectivity index is 1.49. The Labute approximate surface area is 145 Å². The number of rotatable bonds is 5. The standard InChI is InChI=1S/C16H24N4O3S/c21-11-9-18-16(23)14-8-13(19-20(14)10-11)15(22)17-6-7-24-12-4-2-1-3-5-12/h8,11-12,21H,1-7,9-10H2,(H,17,22)(H,18,23). The molecule has 0 saturated heterocycles. The zero-order valence-corrected chi connectivity index (χ0v) is 14.5. The maximum absolute atomic E-state index is 12.2. The third-order valence-corrected chi connectivity index (χ3v) is 5.80. The molecule has 1 saturated carbocycles. The van der Waals surface area contributed by atoms with Crippen LogP contribution in [0.4, 0.5) is 0 Å². The molecule has 1 unspecified atom stereocenters. The second-order valence-corrected chi connectivity index (χ2v) is 7.76. The minimum Gasteiger partial charge on any atom is -0.389 e. The lowest BCUT2D eigenvalue weighted by Crippen LogP contribution is -2.30. The molecule has 1 aromatic rings. The summed E-state index contributed by atoms with van der Waals surface area (Å²) in [4.78, 5) is 24.1. The van der Waals surface area contributed by atoms with Crippen molar-refractivity contribution in [3.8, 4) is 0 Å². The van der Waals surface area contributed by atoms with Crippen molar-refractivity contribution in [2.24, 2.45) is 0 Å². The van der Waals surface area contributed by atoms with Gasteiger partial charge in [-0.15, -0.1) is 0 Å². The van der Waals surface area contributed by atoms with Crippen molar-refractivity contribution in [1.82, 2.24) is 20.4 Å². The molecule has 1 aliphatic heterocycles. The number of nitrogens with zero attached hydrogens (tertiary/aromatic N) is 2. The number of β-amino-alcohol motifs (C(OH)–C–C–N with tert-alkyl or cyclic N) is 1. The summed E-state index contributed by atoms with van der Waals surface area (Å²) in [6, 6.07) is 1.48. The van der Waals surface area contributed by atoms with E-state index in [0.29, 0.717) is 12.2 Å². The van der Waals surface area contributed by atoms with Crippen LogP contribution in [0.1, 0.15) is 53.1 Å². The molecule has 3 N–H and O–H groups in total. The van der Waals surface area contributed by atoms with Crippen LogP contribution in [0, 0.1) is 0 Å². The maximum Gasteiger partial charge on any atom is 0.271 e. The van der Waals surface area contributed by atoms with Crippen molar-refractivity contribution in [2.45, 2.75) is 50.0 Å². The molecule has 1 fully saturated rings. The Morgan fingerprint density at radius 3 is 3.00 bits per heavy atom. The van der Waals surface area contributed by atoms with Crippen molar-refractivity contribution in [1.29, 1.82) is 0 Å². The molecule has 1 aromatic heterocycles. The lowest BCUT2D eigenvalue weighted by Gasteiger charge is -2.20. The van der Waals surface area contributed by atoms with Gasteiger partial charge in [0.05, 0.1) is 12.6 Å². The fourth-order valence-corrected chi connectivity index (χ4v) is 4.35. The summed E-state index contributed by atoms with van der Waals surface area (Å²) < 4.78 is 1.40. The van der Waals surface area contributed by atoms with E-state index in [1.54, 1.807) is 0 Å². The van der Waals surface area contributed by atoms with Gasteiger partial charge in [-0.1, -0.05) is 19.3 Å². The van der Waals surface area contributed by atoms with Crippen LogP contribution in [0.5, 0.6) is 0 Å². The fourth-order valence-electron chi connectivity index (χ4n) is 3.13. The van der Waals surface area contributed by atoms with Gasteiger partial charge >= 0.3 is 0 Å². The van der Waals surface area contributed by atoms with Crippen molar-refractivity contribution < 1.29 is 14.7 Å². The normalized spacial score (nSPS) is 21.7. The first-order valence-electron chi connectivity index (χ1n) is 8.57. The van der Waals surface area contributed by atoms with Gasteiger partial charge in [0, 0.05) is 30.2 Å². The number of aromatic nitrogens is 2. The van der Waals surface area contributed by atoms with Gasteiger partial charge in [-0.3, -0.25) is 14.3 Å². The Hall–Kier alpha value is -1.54. The van der Waals surface area contributed by atoms with Crippen LogP contribution in [-0.4, -0.2) is 56.9 Å². The van der Waals surface area contributed by atoms with E-state index in [9.17, 15) is 14.7 Å². The summed E-state index contributed by atoms with van der Waals surface area (Å²) in [6.45, 7) is 0.998. The van der Waals surface area contributed by atoms with Crippen molar-refractivity contribution in [2.75, 3.05) is 18.8 Å². The number of amides is 2. The molecule has 0 aromatic carbocycles. The molecule has 3 rings (SSSR count). The molecule has 1 atom stereocenters. The molecule has 8 heteroatoms. The molecular formula is C16H24N4O3S. The molecule has 0 radical (unpaired) electrons. The highest BCUT2D eigenvalue weighted by atomic mass is 32.2. The summed E-state index contributed by atoms with van der Waals surface area (Å²) in [5, 5.41) is 20.1. The first-order chi connectivity index (χ1) is 11.6. The monoisotopic (exact) mass is 352 g/mol. The van der Waals surface area contributed by atoms with Crippen LogP contribution in [0.15, 0.2) is 6.07 Å². The number of fused-ring (bicyclic) bond motifs is 1. The summed E-state index contributed by atoms with van der Waals surface area (Å²) in [6.07, 6.45) is 5.85. The average Bonchev–Trinajstić information content (AvgIpc) is 2.96. The van der Waals surface area contributed by atoms with Gasteiger partial charge in [-0.25, -0.2) is 0 Å². The minimum atomic E-state index is -0.696. The maximum atomic E-state index is 12.2. The predicted molar refractivity (Wildman–Crippen MR) is 92.2 cm³/mol. The van der Waals surface area contributed by atoms with Crippen LogP contribution in [0.3, 0.4) is 0 Å². The van der Waals surface area contributed by atoms with Crippen LogP contribution in [-0.2, 0) is 6.54 Å². The van der Waals surface area contributed by atoms with Crippen molar-refractivity contribution in [3.05, 3.63) is 17.5 Å². The minimum absolute atomic E-state index is 0.197. The van der Waals surface area contributed by atoms with E-state index in [2.05, 4.69) is 15.7 Å². The van der Waals surface area contributed by atoms with Gasteiger partial charge in [0.25, 0.3) is 11.8 Å². The molecule has 0 spiro atoms. The van der Waals surface area contributed by atoms with Gasteiger partial charge < -0.3 is 15.7 Å². The number of hydrogen-bond donors (Lipinski definition) is 3. The van der Waals surface area contributed by atoms with Crippen LogP contribution >= 0.6 is 11.8 Å². The Bertz CT molecular complexity index is 598. The topological polar surface area (TPSA) is 96.2 Å². The van der Waals surface area contributed by atoms with E-state index in [4.69, 9.17) is 0 Å². The summed E-state index contributed by atoms with van der Waals surface area (Å²) in [5.41, 5.74) is 0.533. The number of hydrogen-bond acceptors (Lipinski definition) is 5. The lowest BCUT2D eigenvalue weighted by molar-refractivity contribution is 0.0931. The molecule has 7 nitrogen and oxygen atoms in total.